The van der Waals surface area contributed by atoms with Crippen molar-refractivity contribution in [2.75, 3.05) is 0 Å². The lowest BCUT2D eigenvalue weighted by Gasteiger charge is -2.12. The Kier molecular flexibility index (Phi) is 3.24. The summed E-state index contributed by atoms with van der Waals surface area (Å²) in [6.45, 7) is 2.11. The van der Waals surface area contributed by atoms with E-state index < -0.39 is 0 Å². The minimum atomic E-state index is -0.171. The Morgan fingerprint density at radius 2 is 1.90 bits per heavy atom. The van der Waals surface area contributed by atoms with E-state index >= 15 is 0 Å². The lowest BCUT2D eigenvalue weighted by atomic mass is 9.96. The van der Waals surface area contributed by atoms with Gasteiger partial charge in [0, 0.05) is 12.6 Å². The van der Waals surface area contributed by atoms with Gasteiger partial charge in [-0.05, 0) is 58.9 Å². The second kappa shape index (κ2) is 5.24. The first-order chi connectivity index (χ1) is 10.3. The van der Waals surface area contributed by atoms with Gasteiger partial charge in [-0.25, -0.2) is 4.39 Å². The van der Waals surface area contributed by atoms with Crippen molar-refractivity contribution in [3.8, 4) is 11.1 Å². The van der Waals surface area contributed by atoms with E-state index in [4.69, 9.17) is 4.74 Å². The van der Waals surface area contributed by atoms with Crippen molar-refractivity contribution in [2.24, 2.45) is 0 Å². The van der Waals surface area contributed by atoms with Gasteiger partial charge in [0.2, 0.25) is 0 Å². The summed E-state index contributed by atoms with van der Waals surface area (Å²) in [5.74, 6) is -0.171. The molecule has 0 unspecified atom stereocenters. The van der Waals surface area contributed by atoms with Crippen molar-refractivity contribution >= 4 is 0 Å². The van der Waals surface area contributed by atoms with Crippen molar-refractivity contribution in [3.05, 3.63) is 58.9 Å². The van der Waals surface area contributed by atoms with Crippen LogP contribution in [0.5, 0.6) is 0 Å². The van der Waals surface area contributed by atoms with Gasteiger partial charge < -0.3 is 10.1 Å². The molecule has 0 aromatic heterocycles. The number of nitrogens with one attached hydrogen (secondary N) is 1. The number of hydrogen-bond acceptors (Lipinski definition) is 2. The molecule has 0 amide bonds. The van der Waals surface area contributed by atoms with Crippen LogP contribution in [0.25, 0.3) is 11.1 Å². The normalized spacial score (nSPS) is 17.0. The van der Waals surface area contributed by atoms with E-state index in [0.717, 1.165) is 23.2 Å². The summed E-state index contributed by atoms with van der Waals surface area (Å²) < 4.78 is 19.0. The molecule has 1 heterocycles. The van der Waals surface area contributed by atoms with Crippen LogP contribution in [0, 0.1) is 5.82 Å². The van der Waals surface area contributed by atoms with Crippen LogP contribution in [0.1, 0.15) is 29.5 Å². The second-order valence-corrected chi connectivity index (χ2v) is 5.93. The maximum atomic E-state index is 13.6. The standard InChI is InChI=1S/C18H18FNO/c19-16-3-6-18(14(8-16)9-20-17-4-5-17)12-1-2-13-10-21-11-15(13)7-12/h1-3,6-8,17,20H,4-5,9-11H2. The summed E-state index contributed by atoms with van der Waals surface area (Å²) in [4.78, 5) is 0. The van der Waals surface area contributed by atoms with Gasteiger partial charge in [-0.2, -0.15) is 0 Å². The average Bonchev–Trinajstić information content (AvgIpc) is 3.20. The molecule has 0 radical (unpaired) electrons. The molecule has 21 heavy (non-hydrogen) atoms. The molecule has 108 valence electrons. The van der Waals surface area contributed by atoms with E-state index in [1.165, 1.54) is 24.0 Å². The maximum absolute atomic E-state index is 13.6. The molecule has 2 aromatic carbocycles. The molecule has 2 aromatic rings. The molecule has 3 heteroatoms. The van der Waals surface area contributed by atoms with Crippen molar-refractivity contribution in [2.45, 2.75) is 38.6 Å². The highest BCUT2D eigenvalue weighted by Gasteiger charge is 2.21. The quantitative estimate of drug-likeness (QED) is 0.922. The van der Waals surface area contributed by atoms with Crippen LogP contribution < -0.4 is 5.32 Å². The zero-order valence-electron chi connectivity index (χ0n) is 11.9. The molecular formula is C18H18FNO. The van der Waals surface area contributed by atoms with Crippen molar-refractivity contribution in [3.63, 3.8) is 0 Å². The fourth-order valence-electron chi connectivity index (χ4n) is 2.87. The molecule has 0 saturated heterocycles. The number of fused-ring (bicyclic) bond motifs is 1. The van der Waals surface area contributed by atoms with Crippen molar-refractivity contribution < 1.29 is 9.13 Å². The first-order valence-corrected chi connectivity index (χ1v) is 7.51. The Bertz CT molecular complexity index is 679. The van der Waals surface area contributed by atoms with E-state index in [0.29, 0.717) is 19.3 Å². The van der Waals surface area contributed by atoms with Crippen LogP contribution in [0.2, 0.25) is 0 Å². The topological polar surface area (TPSA) is 21.3 Å². The first kappa shape index (κ1) is 13.0. The molecule has 1 N–H and O–H groups in total. The molecule has 0 atom stereocenters. The molecule has 1 aliphatic heterocycles. The van der Waals surface area contributed by atoms with Crippen molar-refractivity contribution in [1.82, 2.24) is 5.32 Å². The Morgan fingerprint density at radius 1 is 1.05 bits per heavy atom. The number of benzene rings is 2. The number of ether oxygens (including phenoxy) is 1. The Labute approximate surface area is 123 Å². The van der Waals surface area contributed by atoms with Gasteiger partial charge in [0.1, 0.15) is 5.82 Å². The van der Waals surface area contributed by atoms with E-state index in [1.54, 1.807) is 12.1 Å². The van der Waals surface area contributed by atoms with Crippen LogP contribution >= 0.6 is 0 Å². The zero-order valence-corrected chi connectivity index (χ0v) is 11.9. The SMILES string of the molecule is Fc1ccc(-c2ccc3c(c2)COC3)c(CNC2CC2)c1. The molecule has 1 saturated carbocycles. The summed E-state index contributed by atoms with van der Waals surface area (Å²) in [5, 5.41) is 3.47. The Morgan fingerprint density at radius 3 is 2.76 bits per heavy atom. The third kappa shape index (κ3) is 2.71. The number of halogens is 1. The summed E-state index contributed by atoms with van der Waals surface area (Å²) in [7, 11) is 0. The molecule has 1 aliphatic carbocycles. The summed E-state index contributed by atoms with van der Waals surface area (Å²) in [6.07, 6.45) is 2.47. The molecule has 2 nitrogen and oxygen atoms in total. The summed E-state index contributed by atoms with van der Waals surface area (Å²) >= 11 is 0. The lowest BCUT2D eigenvalue weighted by molar-refractivity contribution is 0.134. The van der Waals surface area contributed by atoms with E-state index in [9.17, 15) is 4.39 Å². The van der Waals surface area contributed by atoms with Crippen LogP contribution in [-0.2, 0) is 24.5 Å². The van der Waals surface area contributed by atoms with Crippen molar-refractivity contribution in [1.29, 1.82) is 0 Å². The number of rotatable bonds is 4. The Hall–Kier alpha value is -1.71. The third-order valence-corrected chi connectivity index (χ3v) is 4.26. The first-order valence-electron chi connectivity index (χ1n) is 7.51. The van der Waals surface area contributed by atoms with Gasteiger partial charge in [0.15, 0.2) is 0 Å². The van der Waals surface area contributed by atoms with Crippen LogP contribution in [0.3, 0.4) is 0 Å². The van der Waals surface area contributed by atoms with E-state index in [1.807, 2.05) is 6.07 Å². The summed E-state index contributed by atoms with van der Waals surface area (Å²) in [5.41, 5.74) is 5.79. The second-order valence-electron chi connectivity index (χ2n) is 5.93. The highest BCUT2D eigenvalue weighted by atomic mass is 19.1. The predicted molar refractivity (Wildman–Crippen MR) is 80.2 cm³/mol. The molecule has 2 aliphatic rings. The van der Waals surface area contributed by atoms with Gasteiger partial charge in [-0.3, -0.25) is 0 Å². The zero-order chi connectivity index (χ0) is 14.2. The third-order valence-electron chi connectivity index (χ3n) is 4.26. The minimum Gasteiger partial charge on any atom is -0.372 e. The highest BCUT2D eigenvalue weighted by Crippen LogP contribution is 2.30. The maximum Gasteiger partial charge on any atom is 0.123 e. The average molecular weight is 283 g/mol. The predicted octanol–water partition coefficient (Wildman–Crippen LogP) is 3.77. The van der Waals surface area contributed by atoms with Gasteiger partial charge in [0.05, 0.1) is 13.2 Å². The van der Waals surface area contributed by atoms with Gasteiger partial charge >= 0.3 is 0 Å². The van der Waals surface area contributed by atoms with Crippen LogP contribution in [-0.4, -0.2) is 6.04 Å². The van der Waals surface area contributed by atoms with Crippen LogP contribution in [0.15, 0.2) is 36.4 Å². The molecule has 1 fully saturated rings. The largest absolute Gasteiger partial charge is 0.372 e. The van der Waals surface area contributed by atoms with E-state index in [2.05, 4.69) is 23.5 Å². The highest BCUT2D eigenvalue weighted by molar-refractivity contribution is 5.68. The minimum absolute atomic E-state index is 0.171. The fourth-order valence-corrected chi connectivity index (χ4v) is 2.87. The monoisotopic (exact) mass is 283 g/mol. The van der Waals surface area contributed by atoms with Crippen LogP contribution in [0.4, 0.5) is 4.39 Å². The smallest absolute Gasteiger partial charge is 0.123 e. The number of hydrogen-bond donors (Lipinski definition) is 1. The summed E-state index contributed by atoms with van der Waals surface area (Å²) in [6, 6.07) is 12.1. The lowest BCUT2D eigenvalue weighted by Crippen LogP contribution is -2.16. The van der Waals surface area contributed by atoms with Gasteiger partial charge in [-0.15, -0.1) is 0 Å². The molecule has 0 bridgehead atoms. The van der Waals surface area contributed by atoms with Gasteiger partial charge in [0.25, 0.3) is 0 Å². The molecular weight excluding hydrogens is 265 g/mol. The Balaban J connectivity index is 1.69. The molecule has 4 rings (SSSR count). The molecule has 0 spiro atoms. The van der Waals surface area contributed by atoms with E-state index in [-0.39, 0.29) is 5.82 Å². The van der Waals surface area contributed by atoms with Gasteiger partial charge in [-0.1, -0.05) is 18.2 Å². The fraction of sp³-hybridized carbons (Fsp3) is 0.333.